The number of rotatable bonds is 10. The van der Waals surface area contributed by atoms with Crippen LogP contribution in [0.15, 0.2) is 87.1 Å². The van der Waals surface area contributed by atoms with E-state index in [0.29, 0.717) is 46.6 Å². The molecule has 3 saturated heterocycles. The highest BCUT2D eigenvalue weighted by atomic mass is 19.1. The van der Waals surface area contributed by atoms with Crippen LogP contribution >= 0.6 is 0 Å². The van der Waals surface area contributed by atoms with Crippen molar-refractivity contribution in [1.82, 2.24) is 34.2 Å². The fourth-order valence-corrected chi connectivity index (χ4v) is 9.90. The molecule has 61 heavy (non-hydrogen) atoms. The molecule has 15 heteroatoms. The Morgan fingerprint density at radius 3 is 2.54 bits per heavy atom. The van der Waals surface area contributed by atoms with Crippen LogP contribution in [0.3, 0.4) is 0 Å². The Kier molecular flexibility index (Phi) is 11.6. The molecule has 0 bridgehead atoms. The summed E-state index contributed by atoms with van der Waals surface area (Å²) in [5.74, 6) is -0.532. The van der Waals surface area contributed by atoms with Crippen molar-refractivity contribution in [2.75, 3.05) is 38.0 Å². The minimum Gasteiger partial charge on any atom is -0.408 e. The molecule has 4 aliphatic rings. The van der Waals surface area contributed by atoms with E-state index >= 15 is 4.39 Å². The van der Waals surface area contributed by atoms with Gasteiger partial charge in [0, 0.05) is 55.0 Å². The number of hydrogen-bond acceptors (Lipinski definition) is 10. The third-order valence-electron chi connectivity index (χ3n) is 13.3. The molecule has 3 atom stereocenters. The van der Waals surface area contributed by atoms with Crippen molar-refractivity contribution in [1.29, 1.82) is 0 Å². The van der Waals surface area contributed by atoms with Crippen LogP contribution < -0.4 is 21.9 Å². The molecule has 2 aromatic carbocycles. The molecule has 3 amide bonds. The minimum atomic E-state index is -0.754. The van der Waals surface area contributed by atoms with Crippen molar-refractivity contribution in [2.24, 2.45) is 11.8 Å². The molecule has 318 valence electrons. The molecule has 3 aliphatic heterocycles. The molecule has 3 aromatic heterocycles. The minimum absolute atomic E-state index is 0.00694. The van der Waals surface area contributed by atoms with Crippen LogP contribution in [-0.2, 0) is 14.4 Å². The van der Waals surface area contributed by atoms with E-state index < -0.39 is 23.5 Å². The number of carbonyl (C=O) groups is 3. The van der Waals surface area contributed by atoms with E-state index in [-0.39, 0.29) is 47.9 Å². The standard InChI is InChI=1S/C46H51FN8O6/c47-36-28-48-45(51-42(36)32-5-4-8-35(26-32)54-19-2-1-9-41(54)57)49-34-7-3-6-33(25-34)44(59)53-23-15-29(16-24-53)14-20-52-21-17-30(18-22-52)31-10-11-37-39(27-31)61-46(60)55(37)38-12-13-40(56)50-43(38)58/h1-2,4-5,8-11,19,26-30,33-34,38H,3,6-7,12-18,20-25H2,(H,48,49,51)(H,50,56,58)/t33-,34+,38?/m0/s1. The largest absolute Gasteiger partial charge is 0.420 e. The van der Waals surface area contributed by atoms with Gasteiger partial charge >= 0.3 is 5.76 Å². The van der Waals surface area contributed by atoms with Gasteiger partial charge in [0.15, 0.2) is 11.4 Å². The Morgan fingerprint density at radius 1 is 0.902 bits per heavy atom. The van der Waals surface area contributed by atoms with E-state index in [4.69, 9.17) is 4.42 Å². The summed E-state index contributed by atoms with van der Waals surface area (Å²) in [6, 6.07) is 17.1. The Labute approximate surface area is 352 Å². The SMILES string of the molecule is O=C1CCC(n2c(=O)oc3cc(C4CCN(CCC5CCN(C(=O)[C@H]6CCC[C@@H](Nc7ncc(F)c(-c8cccc(-n9ccccc9=O)c8)n7)C6)CC5)CC4)ccc32)C(=O)N1. The monoisotopic (exact) mass is 830 g/mol. The van der Waals surface area contributed by atoms with E-state index in [2.05, 4.69) is 30.4 Å². The summed E-state index contributed by atoms with van der Waals surface area (Å²) in [7, 11) is 0. The molecule has 9 rings (SSSR count). The van der Waals surface area contributed by atoms with Gasteiger partial charge in [0.05, 0.1) is 11.7 Å². The van der Waals surface area contributed by atoms with Crippen LogP contribution in [0, 0.1) is 17.7 Å². The Balaban J connectivity index is 0.728. The molecular weight excluding hydrogens is 780 g/mol. The number of pyridine rings is 1. The summed E-state index contributed by atoms with van der Waals surface area (Å²) < 4.78 is 23.5. The van der Waals surface area contributed by atoms with Crippen molar-refractivity contribution >= 4 is 34.8 Å². The molecule has 2 N–H and O–H groups in total. The van der Waals surface area contributed by atoms with Gasteiger partial charge in [-0.2, -0.15) is 0 Å². The van der Waals surface area contributed by atoms with E-state index in [1.165, 1.54) is 21.4 Å². The van der Waals surface area contributed by atoms with Crippen LogP contribution in [-0.4, -0.2) is 85.4 Å². The number of anilines is 1. The number of hydrogen-bond donors (Lipinski definition) is 2. The highest BCUT2D eigenvalue weighted by molar-refractivity contribution is 6.00. The van der Waals surface area contributed by atoms with E-state index in [0.717, 1.165) is 89.7 Å². The predicted molar refractivity (Wildman–Crippen MR) is 227 cm³/mol. The number of oxazole rings is 1. The average molecular weight is 831 g/mol. The second-order valence-corrected chi connectivity index (χ2v) is 17.2. The number of fused-ring (bicyclic) bond motifs is 1. The second kappa shape index (κ2) is 17.6. The lowest BCUT2D eigenvalue weighted by Gasteiger charge is -2.38. The van der Waals surface area contributed by atoms with Crippen molar-refractivity contribution in [3.8, 4) is 16.9 Å². The van der Waals surface area contributed by atoms with Crippen molar-refractivity contribution in [3.05, 3.63) is 105 Å². The van der Waals surface area contributed by atoms with Crippen LogP contribution in [0.2, 0.25) is 0 Å². The first-order chi connectivity index (χ1) is 29.7. The van der Waals surface area contributed by atoms with E-state index in [1.54, 1.807) is 42.6 Å². The first kappa shape index (κ1) is 40.4. The zero-order valence-corrected chi connectivity index (χ0v) is 34.1. The van der Waals surface area contributed by atoms with Crippen LogP contribution in [0.5, 0.6) is 0 Å². The lowest BCUT2D eigenvalue weighted by molar-refractivity contribution is -0.138. The summed E-state index contributed by atoms with van der Waals surface area (Å²) >= 11 is 0. The molecule has 4 fully saturated rings. The summed E-state index contributed by atoms with van der Waals surface area (Å²) in [6.45, 7) is 4.58. The smallest absolute Gasteiger partial charge is 0.408 e. The number of halogens is 1. The fourth-order valence-electron chi connectivity index (χ4n) is 9.90. The molecule has 1 saturated carbocycles. The average Bonchev–Trinajstić information content (AvgIpc) is 3.61. The number of benzene rings is 2. The zero-order valence-electron chi connectivity index (χ0n) is 34.1. The van der Waals surface area contributed by atoms with Crippen LogP contribution in [0.1, 0.15) is 88.2 Å². The lowest BCUT2D eigenvalue weighted by Crippen LogP contribution is -2.44. The van der Waals surface area contributed by atoms with Gasteiger partial charge in [0.1, 0.15) is 11.7 Å². The maximum Gasteiger partial charge on any atom is 0.420 e. The highest BCUT2D eigenvalue weighted by Crippen LogP contribution is 2.34. The van der Waals surface area contributed by atoms with Gasteiger partial charge in [0.25, 0.3) is 5.56 Å². The number of piperidine rings is 3. The summed E-state index contributed by atoms with van der Waals surface area (Å²) in [5, 5.41) is 5.72. The molecule has 5 aromatic rings. The number of likely N-dealkylation sites (tertiary alicyclic amines) is 2. The first-order valence-electron chi connectivity index (χ1n) is 21.7. The highest BCUT2D eigenvalue weighted by Gasteiger charge is 2.34. The third-order valence-corrected chi connectivity index (χ3v) is 13.3. The molecule has 1 unspecified atom stereocenters. The van der Waals surface area contributed by atoms with Gasteiger partial charge in [-0.3, -0.25) is 33.6 Å². The van der Waals surface area contributed by atoms with E-state index in [1.807, 2.05) is 18.2 Å². The first-order valence-corrected chi connectivity index (χ1v) is 21.7. The summed E-state index contributed by atoms with van der Waals surface area (Å²) in [4.78, 5) is 76.4. The van der Waals surface area contributed by atoms with Crippen LogP contribution in [0.25, 0.3) is 28.0 Å². The van der Waals surface area contributed by atoms with Crippen LogP contribution in [0.4, 0.5) is 10.3 Å². The van der Waals surface area contributed by atoms with Gasteiger partial charge in [-0.1, -0.05) is 30.7 Å². The quantitative estimate of drug-likeness (QED) is 0.165. The van der Waals surface area contributed by atoms with E-state index in [9.17, 15) is 24.0 Å². The predicted octanol–water partition coefficient (Wildman–Crippen LogP) is 5.80. The number of amides is 3. The summed E-state index contributed by atoms with van der Waals surface area (Å²) in [6.07, 6.45) is 11.8. The molecular formula is C46H51FN8O6. The number of nitrogens with one attached hydrogen (secondary N) is 2. The zero-order chi connectivity index (χ0) is 42.0. The topological polar surface area (TPSA) is 165 Å². The maximum absolute atomic E-state index is 15.1. The second-order valence-electron chi connectivity index (χ2n) is 17.2. The molecule has 0 radical (unpaired) electrons. The van der Waals surface area contributed by atoms with Crippen molar-refractivity contribution in [3.63, 3.8) is 0 Å². The maximum atomic E-state index is 15.1. The number of nitrogens with zero attached hydrogens (tertiary/aromatic N) is 6. The Bertz CT molecular complexity index is 2550. The normalized spacial score (nSPS) is 22.0. The molecule has 14 nitrogen and oxygen atoms in total. The lowest BCUT2D eigenvalue weighted by atomic mass is 9.84. The number of imide groups is 1. The Hall–Kier alpha value is -5.96. The molecule has 0 spiro atoms. The van der Waals surface area contributed by atoms with Gasteiger partial charge in [-0.25, -0.2) is 19.2 Å². The molecule has 1 aliphatic carbocycles. The molecule has 6 heterocycles. The third kappa shape index (κ3) is 8.79. The Morgan fingerprint density at radius 2 is 1.74 bits per heavy atom. The number of aromatic nitrogens is 4. The van der Waals surface area contributed by atoms with Gasteiger partial charge in [0.2, 0.25) is 23.7 Å². The van der Waals surface area contributed by atoms with Crippen molar-refractivity contribution < 1.29 is 23.2 Å². The fraction of sp³-hybridized carbons (Fsp3) is 0.457. The van der Waals surface area contributed by atoms with Gasteiger partial charge in [-0.15, -0.1) is 0 Å². The summed E-state index contributed by atoms with van der Waals surface area (Å²) in [5.41, 5.74) is 3.28. The van der Waals surface area contributed by atoms with Gasteiger partial charge < -0.3 is 19.5 Å². The van der Waals surface area contributed by atoms with Crippen molar-refractivity contribution in [2.45, 2.75) is 88.6 Å². The number of carbonyl (C=O) groups excluding carboxylic acids is 3. The van der Waals surface area contributed by atoms with Gasteiger partial charge in [-0.05, 0) is 125 Å².